The molecule has 130 valence electrons. The summed E-state index contributed by atoms with van der Waals surface area (Å²) in [6, 6.07) is 8.70. The normalized spacial score (nSPS) is 11.5. The highest BCUT2D eigenvalue weighted by Crippen LogP contribution is 2.37. The molecule has 0 unspecified atom stereocenters. The van der Waals surface area contributed by atoms with Crippen molar-refractivity contribution in [1.29, 1.82) is 0 Å². The molecule has 0 N–H and O–H groups in total. The molecule has 0 fully saturated rings. The van der Waals surface area contributed by atoms with Gasteiger partial charge in [0.25, 0.3) is 0 Å². The first-order chi connectivity index (χ1) is 11.8. The fourth-order valence-electron chi connectivity index (χ4n) is 2.12. The first-order valence-corrected chi connectivity index (χ1v) is 9.68. The highest BCUT2D eigenvalue weighted by molar-refractivity contribution is 9.11. The van der Waals surface area contributed by atoms with Gasteiger partial charge in [0.15, 0.2) is 0 Å². The lowest BCUT2D eigenvalue weighted by atomic mass is 10.2. The van der Waals surface area contributed by atoms with Crippen LogP contribution in [0, 0.1) is 0 Å². The average Bonchev–Trinajstić information content (AvgIpc) is 3.04. The zero-order valence-electron chi connectivity index (χ0n) is 12.5. The summed E-state index contributed by atoms with van der Waals surface area (Å²) in [5.74, 6) is 0.903. The molecule has 6 nitrogen and oxygen atoms in total. The van der Waals surface area contributed by atoms with Crippen molar-refractivity contribution in [3.8, 4) is 28.7 Å². The summed E-state index contributed by atoms with van der Waals surface area (Å²) in [6.07, 6.45) is 0. The van der Waals surface area contributed by atoms with Gasteiger partial charge in [0.2, 0.25) is 11.8 Å². The van der Waals surface area contributed by atoms with Crippen LogP contribution in [0.4, 0.5) is 3.89 Å². The van der Waals surface area contributed by atoms with Crippen LogP contribution in [0.5, 0.6) is 5.75 Å². The summed E-state index contributed by atoms with van der Waals surface area (Å²) in [5.41, 5.74) is 0.914. The molecule has 0 bridgehead atoms. The molecule has 0 atom stereocenters. The molecular formula is C15H9Br2FN2O4S. The van der Waals surface area contributed by atoms with Crippen LogP contribution in [0.25, 0.3) is 22.9 Å². The first-order valence-electron chi connectivity index (χ1n) is 6.71. The van der Waals surface area contributed by atoms with Gasteiger partial charge in [0.1, 0.15) is 5.75 Å². The Morgan fingerprint density at radius 1 is 1.04 bits per heavy atom. The molecule has 0 saturated heterocycles. The number of nitrogens with zero attached hydrogens (tertiary/aromatic N) is 2. The SMILES string of the molecule is COc1c(Br)cc(-c2nnc(-c3cccc(S(=O)(=O)F)c3)o2)cc1Br. The monoisotopic (exact) mass is 490 g/mol. The molecule has 25 heavy (non-hydrogen) atoms. The van der Waals surface area contributed by atoms with Gasteiger partial charge in [-0.15, -0.1) is 14.1 Å². The highest BCUT2D eigenvalue weighted by Gasteiger charge is 2.17. The van der Waals surface area contributed by atoms with Gasteiger partial charge in [-0.25, -0.2) is 0 Å². The smallest absolute Gasteiger partial charge is 0.332 e. The lowest BCUT2D eigenvalue weighted by molar-refractivity contribution is 0.409. The van der Waals surface area contributed by atoms with E-state index in [0.29, 0.717) is 25.8 Å². The van der Waals surface area contributed by atoms with Crippen molar-refractivity contribution in [1.82, 2.24) is 10.2 Å². The van der Waals surface area contributed by atoms with E-state index in [1.165, 1.54) is 6.07 Å². The zero-order chi connectivity index (χ0) is 18.2. The number of methoxy groups -OCH3 is 1. The van der Waals surface area contributed by atoms with E-state index < -0.39 is 15.1 Å². The molecule has 0 spiro atoms. The van der Waals surface area contributed by atoms with Crippen molar-refractivity contribution in [3.63, 3.8) is 0 Å². The number of rotatable bonds is 4. The largest absolute Gasteiger partial charge is 0.494 e. The predicted molar refractivity (Wildman–Crippen MR) is 95.4 cm³/mol. The summed E-state index contributed by atoms with van der Waals surface area (Å²) in [4.78, 5) is -0.473. The maximum atomic E-state index is 13.1. The quantitative estimate of drug-likeness (QED) is 0.496. The van der Waals surface area contributed by atoms with Gasteiger partial charge < -0.3 is 9.15 Å². The number of benzene rings is 2. The van der Waals surface area contributed by atoms with E-state index >= 15 is 0 Å². The maximum absolute atomic E-state index is 13.1. The molecule has 1 heterocycles. The van der Waals surface area contributed by atoms with Crippen molar-refractivity contribution in [3.05, 3.63) is 45.3 Å². The van der Waals surface area contributed by atoms with Crippen LogP contribution in [0.15, 0.2) is 54.7 Å². The van der Waals surface area contributed by atoms with Crippen LogP contribution in [0.3, 0.4) is 0 Å². The maximum Gasteiger partial charge on any atom is 0.332 e. The Bertz CT molecular complexity index is 1030. The van der Waals surface area contributed by atoms with Crippen molar-refractivity contribution in [2.75, 3.05) is 7.11 Å². The van der Waals surface area contributed by atoms with Crippen molar-refractivity contribution < 1.29 is 21.5 Å². The highest BCUT2D eigenvalue weighted by atomic mass is 79.9. The van der Waals surface area contributed by atoms with Crippen molar-refractivity contribution in [2.45, 2.75) is 4.90 Å². The van der Waals surface area contributed by atoms with E-state index in [1.807, 2.05) is 0 Å². The third-order valence-corrected chi connectivity index (χ3v) is 5.23. The van der Waals surface area contributed by atoms with Gasteiger partial charge in [-0.05, 0) is 62.2 Å². The Morgan fingerprint density at radius 3 is 2.20 bits per heavy atom. The second kappa shape index (κ2) is 6.85. The lowest BCUT2D eigenvalue weighted by Crippen LogP contribution is -1.92. The van der Waals surface area contributed by atoms with Gasteiger partial charge in [0.05, 0.1) is 21.0 Å². The number of aromatic nitrogens is 2. The summed E-state index contributed by atoms with van der Waals surface area (Å²) in [7, 11) is -3.27. The minimum absolute atomic E-state index is 0.0727. The van der Waals surface area contributed by atoms with E-state index in [2.05, 4.69) is 42.1 Å². The number of halogens is 3. The van der Waals surface area contributed by atoms with Crippen molar-refractivity contribution in [2.24, 2.45) is 0 Å². The molecule has 0 amide bonds. The molecule has 0 aliphatic heterocycles. The second-order valence-corrected chi connectivity index (χ2v) is 7.91. The zero-order valence-corrected chi connectivity index (χ0v) is 16.5. The molecule has 10 heteroatoms. The molecule has 3 aromatic rings. The van der Waals surface area contributed by atoms with E-state index in [9.17, 15) is 12.3 Å². The topological polar surface area (TPSA) is 82.3 Å². The summed E-state index contributed by atoms with van der Waals surface area (Å²) in [5, 5.41) is 7.84. The van der Waals surface area contributed by atoms with E-state index in [4.69, 9.17) is 9.15 Å². The summed E-state index contributed by atoms with van der Waals surface area (Å²) >= 11 is 6.77. The van der Waals surface area contributed by atoms with Crippen LogP contribution in [0.2, 0.25) is 0 Å². The minimum atomic E-state index is -4.81. The average molecular weight is 492 g/mol. The molecule has 1 aromatic heterocycles. The van der Waals surface area contributed by atoms with Gasteiger partial charge in [-0.2, -0.15) is 8.42 Å². The summed E-state index contributed by atoms with van der Waals surface area (Å²) in [6.45, 7) is 0. The van der Waals surface area contributed by atoms with E-state index in [-0.39, 0.29) is 11.8 Å². The van der Waals surface area contributed by atoms with Gasteiger partial charge in [-0.1, -0.05) is 6.07 Å². The second-order valence-electron chi connectivity index (χ2n) is 4.85. The standard InChI is InChI=1S/C15H9Br2FN2O4S/c1-23-13-11(16)6-9(7-12(13)17)15-20-19-14(24-15)8-3-2-4-10(5-8)25(18,21)22/h2-7H,1H3. The van der Waals surface area contributed by atoms with Gasteiger partial charge in [-0.3, -0.25) is 0 Å². The molecule has 0 radical (unpaired) electrons. The number of hydrogen-bond acceptors (Lipinski definition) is 6. The third-order valence-electron chi connectivity index (χ3n) is 3.24. The predicted octanol–water partition coefficient (Wildman–Crippen LogP) is 4.60. The van der Waals surface area contributed by atoms with Gasteiger partial charge >= 0.3 is 10.2 Å². The molecular weight excluding hydrogens is 483 g/mol. The van der Waals surface area contributed by atoms with Crippen LogP contribution in [0.1, 0.15) is 0 Å². The van der Waals surface area contributed by atoms with Gasteiger partial charge in [0, 0.05) is 11.1 Å². The Balaban J connectivity index is 2.02. The Hall–Kier alpha value is -1.78. The molecule has 0 aliphatic rings. The fourth-order valence-corrected chi connectivity index (χ4v) is 4.13. The van der Waals surface area contributed by atoms with Crippen LogP contribution < -0.4 is 4.74 Å². The molecule has 2 aromatic carbocycles. The molecule has 0 aliphatic carbocycles. The Labute approximate surface area is 159 Å². The van der Waals surface area contributed by atoms with Crippen LogP contribution in [-0.2, 0) is 10.2 Å². The Morgan fingerprint density at radius 2 is 1.64 bits per heavy atom. The van der Waals surface area contributed by atoms with Crippen molar-refractivity contribution >= 4 is 42.1 Å². The number of hydrogen-bond donors (Lipinski definition) is 0. The molecule has 3 rings (SSSR count). The van der Waals surface area contributed by atoms with Crippen LogP contribution >= 0.6 is 31.9 Å². The minimum Gasteiger partial charge on any atom is -0.494 e. The lowest BCUT2D eigenvalue weighted by Gasteiger charge is -2.07. The summed E-state index contributed by atoms with van der Waals surface area (Å²) < 4.78 is 47.4. The van der Waals surface area contributed by atoms with E-state index in [0.717, 1.165) is 12.1 Å². The Kier molecular flexibility index (Phi) is 4.94. The fraction of sp³-hybridized carbons (Fsp3) is 0.0667. The van der Waals surface area contributed by atoms with E-state index in [1.54, 1.807) is 25.3 Å². The number of ether oxygens (including phenoxy) is 1. The first kappa shape index (κ1) is 18.0. The third kappa shape index (κ3) is 3.75. The molecule has 0 saturated carbocycles. The van der Waals surface area contributed by atoms with Crippen LogP contribution in [-0.4, -0.2) is 25.7 Å².